The van der Waals surface area contributed by atoms with Crippen molar-refractivity contribution in [2.75, 3.05) is 32.5 Å². The molecule has 0 aliphatic carbocycles. The number of rotatable bonds is 6. The van der Waals surface area contributed by atoms with E-state index in [2.05, 4.69) is 15.6 Å². The second kappa shape index (κ2) is 6.85. The molecule has 0 aromatic carbocycles. The fraction of sp³-hybridized carbons (Fsp3) is 0.500. The Hall–Kier alpha value is -1.62. The fourth-order valence-corrected chi connectivity index (χ4v) is 1.54. The Morgan fingerprint density at radius 2 is 2.29 bits per heavy atom. The van der Waals surface area contributed by atoms with Gasteiger partial charge in [-0.1, -0.05) is 0 Å². The lowest BCUT2D eigenvalue weighted by Gasteiger charge is -2.15. The molecule has 0 unspecified atom stereocenters. The third kappa shape index (κ3) is 4.82. The van der Waals surface area contributed by atoms with Gasteiger partial charge in [0.2, 0.25) is 5.91 Å². The maximum atomic E-state index is 11.2. The number of hydrogen-bond acceptors (Lipinski definition) is 4. The summed E-state index contributed by atoms with van der Waals surface area (Å²) in [6.45, 7) is 4.01. The summed E-state index contributed by atoms with van der Waals surface area (Å²) in [5.74, 6) is 0.895. The van der Waals surface area contributed by atoms with Crippen molar-refractivity contribution in [3.63, 3.8) is 0 Å². The first-order valence-electron chi connectivity index (χ1n) is 5.73. The molecule has 0 radical (unpaired) electrons. The standard InChI is InChI=1S/C12H20N4O/c1-4-14-11-7-10(5-6-15-11)8-16(3)9-12(17)13-2/h5-7H,4,8-9H2,1-3H3,(H,13,17)(H,14,15). The molecule has 0 aliphatic heterocycles. The van der Waals surface area contributed by atoms with E-state index < -0.39 is 0 Å². The first-order valence-corrected chi connectivity index (χ1v) is 5.73. The molecular weight excluding hydrogens is 216 g/mol. The summed E-state index contributed by atoms with van der Waals surface area (Å²) in [5, 5.41) is 5.77. The van der Waals surface area contributed by atoms with Crippen molar-refractivity contribution >= 4 is 11.7 Å². The summed E-state index contributed by atoms with van der Waals surface area (Å²) in [6.07, 6.45) is 1.78. The molecule has 1 heterocycles. The second-order valence-corrected chi connectivity index (χ2v) is 3.93. The van der Waals surface area contributed by atoms with Crippen molar-refractivity contribution < 1.29 is 4.79 Å². The van der Waals surface area contributed by atoms with Gasteiger partial charge < -0.3 is 10.6 Å². The molecule has 5 heteroatoms. The maximum Gasteiger partial charge on any atom is 0.233 e. The number of carbonyl (C=O) groups excluding carboxylic acids is 1. The number of aromatic nitrogens is 1. The highest BCUT2D eigenvalue weighted by Crippen LogP contribution is 2.08. The molecular formula is C12H20N4O. The van der Waals surface area contributed by atoms with E-state index in [-0.39, 0.29) is 5.91 Å². The lowest BCUT2D eigenvalue weighted by Crippen LogP contribution is -2.32. The van der Waals surface area contributed by atoms with Gasteiger partial charge in [-0.05, 0) is 31.7 Å². The van der Waals surface area contributed by atoms with Crippen molar-refractivity contribution in [3.05, 3.63) is 23.9 Å². The maximum absolute atomic E-state index is 11.2. The fourth-order valence-electron chi connectivity index (χ4n) is 1.54. The zero-order chi connectivity index (χ0) is 12.7. The van der Waals surface area contributed by atoms with Crippen LogP contribution in [0.2, 0.25) is 0 Å². The van der Waals surface area contributed by atoms with E-state index in [4.69, 9.17) is 0 Å². The highest BCUT2D eigenvalue weighted by atomic mass is 16.1. The topological polar surface area (TPSA) is 57.3 Å². The van der Waals surface area contributed by atoms with Gasteiger partial charge in [0.15, 0.2) is 0 Å². The van der Waals surface area contributed by atoms with E-state index >= 15 is 0 Å². The molecule has 0 bridgehead atoms. The molecule has 0 saturated carbocycles. The zero-order valence-electron chi connectivity index (χ0n) is 10.7. The van der Waals surface area contributed by atoms with Crippen LogP contribution in [-0.4, -0.2) is 43.0 Å². The lowest BCUT2D eigenvalue weighted by atomic mass is 10.2. The van der Waals surface area contributed by atoms with Crippen molar-refractivity contribution in [2.45, 2.75) is 13.5 Å². The van der Waals surface area contributed by atoms with Gasteiger partial charge in [-0.25, -0.2) is 4.98 Å². The first-order chi connectivity index (χ1) is 8.15. The number of amides is 1. The molecule has 0 saturated heterocycles. The number of likely N-dealkylation sites (N-methyl/N-ethyl adjacent to an activating group) is 2. The number of pyridine rings is 1. The third-order valence-corrected chi connectivity index (χ3v) is 2.33. The molecule has 0 spiro atoms. The summed E-state index contributed by atoms with van der Waals surface area (Å²) in [4.78, 5) is 17.4. The number of nitrogens with zero attached hydrogens (tertiary/aromatic N) is 2. The molecule has 1 aromatic rings. The van der Waals surface area contributed by atoms with Crippen LogP contribution in [0.1, 0.15) is 12.5 Å². The van der Waals surface area contributed by atoms with Crippen LogP contribution in [-0.2, 0) is 11.3 Å². The van der Waals surface area contributed by atoms with Gasteiger partial charge in [0.05, 0.1) is 6.54 Å². The van der Waals surface area contributed by atoms with Crippen LogP contribution >= 0.6 is 0 Å². The van der Waals surface area contributed by atoms with Crippen LogP contribution < -0.4 is 10.6 Å². The summed E-state index contributed by atoms with van der Waals surface area (Å²) in [5.41, 5.74) is 1.14. The van der Waals surface area contributed by atoms with Gasteiger partial charge in [-0.2, -0.15) is 0 Å². The third-order valence-electron chi connectivity index (χ3n) is 2.33. The van der Waals surface area contributed by atoms with Crippen LogP contribution in [0, 0.1) is 0 Å². The Labute approximate surface area is 102 Å². The smallest absolute Gasteiger partial charge is 0.233 e. The van der Waals surface area contributed by atoms with Crippen LogP contribution in [0.4, 0.5) is 5.82 Å². The Kier molecular flexibility index (Phi) is 5.42. The van der Waals surface area contributed by atoms with E-state index in [0.717, 1.165) is 24.5 Å². The highest BCUT2D eigenvalue weighted by Gasteiger charge is 2.05. The van der Waals surface area contributed by atoms with Crippen LogP contribution in [0.15, 0.2) is 18.3 Å². The van der Waals surface area contributed by atoms with E-state index in [1.54, 1.807) is 13.2 Å². The molecule has 0 atom stereocenters. The van der Waals surface area contributed by atoms with Gasteiger partial charge in [-0.15, -0.1) is 0 Å². The predicted octanol–water partition coefficient (Wildman–Crippen LogP) is 0.691. The van der Waals surface area contributed by atoms with Gasteiger partial charge in [0, 0.05) is 26.3 Å². The molecule has 2 N–H and O–H groups in total. The molecule has 1 aromatic heterocycles. The van der Waals surface area contributed by atoms with E-state index in [1.165, 1.54) is 0 Å². The number of anilines is 1. The van der Waals surface area contributed by atoms with Crippen molar-refractivity contribution in [2.24, 2.45) is 0 Å². The normalized spacial score (nSPS) is 10.4. The monoisotopic (exact) mass is 236 g/mol. The number of nitrogens with one attached hydrogen (secondary N) is 2. The largest absolute Gasteiger partial charge is 0.370 e. The summed E-state index contributed by atoms with van der Waals surface area (Å²) in [7, 11) is 3.56. The van der Waals surface area contributed by atoms with Gasteiger partial charge >= 0.3 is 0 Å². The summed E-state index contributed by atoms with van der Waals surface area (Å²) in [6, 6.07) is 3.96. The van der Waals surface area contributed by atoms with E-state index in [9.17, 15) is 4.79 Å². The minimum Gasteiger partial charge on any atom is -0.370 e. The summed E-state index contributed by atoms with van der Waals surface area (Å²) < 4.78 is 0. The van der Waals surface area contributed by atoms with Crippen LogP contribution in [0.25, 0.3) is 0 Å². The molecule has 94 valence electrons. The minimum atomic E-state index is 0.0217. The predicted molar refractivity (Wildman–Crippen MR) is 68.8 cm³/mol. The van der Waals surface area contributed by atoms with Gasteiger partial charge in [-0.3, -0.25) is 9.69 Å². The summed E-state index contributed by atoms with van der Waals surface area (Å²) >= 11 is 0. The Bertz CT molecular complexity index is 367. The Morgan fingerprint density at radius 1 is 1.53 bits per heavy atom. The van der Waals surface area contributed by atoms with Crippen LogP contribution in [0.3, 0.4) is 0 Å². The quantitative estimate of drug-likeness (QED) is 0.763. The number of hydrogen-bond donors (Lipinski definition) is 2. The van der Waals surface area contributed by atoms with Crippen molar-refractivity contribution in [3.8, 4) is 0 Å². The first kappa shape index (κ1) is 13.4. The molecule has 1 rings (SSSR count). The zero-order valence-corrected chi connectivity index (χ0v) is 10.7. The lowest BCUT2D eigenvalue weighted by molar-refractivity contribution is -0.121. The number of carbonyl (C=O) groups is 1. The molecule has 0 fully saturated rings. The van der Waals surface area contributed by atoms with Crippen molar-refractivity contribution in [1.29, 1.82) is 0 Å². The highest BCUT2D eigenvalue weighted by molar-refractivity contribution is 5.77. The van der Waals surface area contributed by atoms with E-state index in [1.807, 2.05) is 31.0 Å². The molecule has 17 heavy (non-hydrogen) atoms. The minimum absolute atomic E-state index is 0.0217. The molecule has 0 aliphatic rings. The van der Waals surface area contributed by atoms with Crippen LogP contribution in [0.5, 0.6) is 0 Å². The Morgan fingerprint density at radius 3 is 2.94 bits per heavy atom. The average molecular weight is 236 g/mol. The van der Waals surface area contributed by atoms with Gasteiger partial charge in [0.1, 0.15) is 5.82 Å². The SMILES string of the molecule is CCNc1cc(CN(C)CC(=O)NC)ccn1. The molecule has 1 amide bonds. The molecule has 5 nitrogen and oxygen atoms in total. The van der Waals surface area contributed by atoms with E-state index in [0.29, 0.717) is 6.54 Å². The van der Waals surface area contributed by atoms with Crippen molar-refractivity contribution in [1.82, 2.24) is 15.2 Å². The average Bonchev–Trinajstić information content (AvgIpc) is 2.29. The Balaban J connectivity index is 2.55. The second-order valence-electron chi connectivity index (χ2n) is 3.93. The van der Waals surface area contributed by atoms with Gasteiger partial charge in [0.25, 0.3) is 0 Å².